The molecule has 0 aliphatic heterocycles. The van der Waals surface area contributed by atoms with Gasteiger partial charge in [-0.1, -0.05) is 36.9 Å². The van der Waals surface area contributed by atoms with Crippen LogP contribution in [0.3, 0.4) is 0 Å². The molecule has 3 rings (SSSR count). The molecule has 0 bridgehead atoms. The number of nitrogens with one attached hydrogen (secondary N) is 1. The maximum Gasteiger partial charge on any atom is 0.277 e. The molecule has 1 N–H and O–H groups in total. The summed E-state index contributed by atoms with van der Waals surface area (Å²) in [6.07, 6.45) is 0.969. The van der Waals surface area contributed by atoms with E-state index in [9.17, 15) is 9.18 Å². The molecule has 1 aromatic heterocycles. The number of ether oxygens (including phenoxy) is 1. The predicted octanol–water partition coefficient (Wildman–Crippen LogP) is 4.39. The standard InChI is InChI=1S/C20H20FN3O3S/c1-3-14-5-8-16(9-6-14)26-11-19-23-24-20(27-19)28-12-18(25)22-17-10-15(21)7-4-13(17)2/h4-10H,3,11-12H2,1-2H3,(H,22,25). The topological polar surface area (TPSA) is 77.2 Å². The Hall–Kier alpha value is -2.87. The number of aryl methyl sites for hydroxylation is 2. The maximum atomic E-state index is 13.3. The second-order valence-electron chi connectivity index (χ2n) is 6.04. The highest BCUT2D eigenvalue weighted by Crippen LogP contribution is 2.20. The van der Waals surface area contributed by atoms with Crippen LogP contribution in [0.25, 0.3) is 0 Å². The smallest absolute Gasteiger partial charge is 0.277 e. The molecule has 0 spiro atoms. The molecule has 0 aliphatic rings. The van der Waals surface area contributed by atoms with Crippen molar-refractivity contribution in [2.75, 3.05) is 11.1 Å². The minimum Gasteiger partial charge on any atom is -0.484 e. The van der Waals surface area contributed by atoms with Gasteiger partial charge in [0.2, 0.25) is 5.91 Å². The molecule has 3 aromatic rings. The molecule has 2 aromatic carbocycles. The molecule has 6 nitrogen and oxygen atoms in total. The molecular formula is C20H20FN3O3S. The summed E-state index contributed by atoms with van der Waals surface area (Å²) in [5.41, 5.74) is 2.46. The highest BCUT2D eigenvalue weighted by molar-refractivity contribution is 7.99. The molecule has 0 saturated carbocycles. The second kappa shape index (κ2) is 9.36. The number of carbonyl (C=O) groups excluding carboxylic acids is 1. The zero-order valence-electron chi connectivity index (χ0n) is 15.6. The predicted molar refractivity (Wildman–Crippen MR) is 105 cm³/mol. The number of hydrogen-bond acceptors (Lipinski definition) is 6. The Morgan fingerprint density at radius 1 is 1.21 bits per heavy atom. The van der Waals surface area contributed by atoms with Crippen molar-refractivity contribution >= 4 is 23.4 Å². The normalized spacial score (nSPS) is 10.7. The number of hydrogen-bond donors (Lipinski definition) is 1. The van der Waals surface area contributed by atoms with Crippen molar-refractivity contribution in [3.63, 3.8) is 0 Å². The number of carbonyl (C=O) groups is 1. The van der Waals surface area contributed by atoms with Gasteiger partial charge in [-0.15, -0.1) is 10.2 Å². The first-order chi connectivity index (χ1) is 13.5. The third-order valence-corrected chi connectivity index (χ3v) is 4.76. The van der Waals surface area contributed by atoms with E-state index in [-0.39, 0.29) is 23.5 Å². The summed E-state index contributed by atoms with van der Waals surface area (Å²) >= 11 is 1.10. The molecule has 146 valence electrons. The molecular weight excluding hydrogens is 381 g/mol. The second-order valence-corrected chi connectivity index (χ2v) is 6.97. The molecule has 8 heteroatoms. The molecule has 0 aliphatic carbocycles. The van der Waals surface area contributed by atoms with Gasteiger partial charge < -0.3 is 14.5 Å². The van der Waals surface area contributed by atoms with E-state index in [0.29, 0.717) is 11.6 Å². The maximum absolute atomic E-state index is 13.3. The number of rotatable bonds is 8. The zero-order chi connectivity index (χ0) is 19.9. The van der Waals surface area contributed by atoms with Crippen LogP contribution in [0.4, 0.5) is 10.1 Å². The summed E-state index contributed by atoms with van der Waals surface area (Å²) in [5.74, 6) is 0.416. The Labute approximate surface area is 166 Å². The van der Waals surface area contributed by atoms with E-state index in [1.165, 1.54) is 17.7 Å². The number of amides is 1. The van der Waals surface area contributed by atoms with Crippen molar-refractivity contribution in [2.24, 2.45) is 0 Å². The lowest BCUT2D eigenvalue weighted by Crippen LogP contribution is -2.15. The SMILES string of the molecule is CCc1ccc(OCc2nnc(SCC(=O)Nc3cc(F)ccc3C)o2)cc1. The molecule has 28 heavy (non-hydrogen) atoms. The average Bonchev–Trinajstić information content (AvgIpc) is 3.16. The van der Waals surface area contributed by atoms with Crippen molar-refractivity contribution in [1.82, 2.24) is 10.2 Å². The van der Waals surface area contributed by atoms with Crippen LogP contribution in [0.1, 0.15) is 23.9 Å². The first kappa shape index (κ1) is 19.9. The molecule has 1 heterocycles. The van der Waals surface area contributed by atoms with Crippen molar-refractivity contribution in [1.29, 1.82) is 0 Å². The van der Waals surface area contributed by atoms with Crippen LogP contribution in [-0.2, 0) is 17.8 Å². The quantitative estimate of drug-likeness (QED) is 0.564. The average molecular weight is 401 g/mol. The fraction of sp³-hybridized carbons (Fsp3) is 0.250. The van der Waals surface area contributed by atoms with Gasteiger partial charge in [0.25, 0.3) is 11.1 Å². The van der Waals surface area contributed by atoms with E-state index >= 15 is 0 Å². The Kier molecular flexibility index (Phi) is 6.65. The van der Waals surface area contributed by atoms with Crippen LogP contribution < -0.4 is 10.1 Å². The summed E-state index contributed by atoms with van der Waals surface area (Å²) < 4.78 is 24.4. The number of halogens is 1. The van der Waals surface area contributed by atoms with Gasteiger partial charge in [-0.25, -0.2) is 4.39 Å². The zero-order valence-corrected chi connectivity index (χ0v) is 16.4. The number of nitrogens with zero attached hydrogens (tertiary/aromatic N) is 2. The van der Waals surface area contributed by atoms with Gasteiger partial charge in [0.15, 0.2) is 6.61 Å². The first-order valence-electron chi connectivity index (χ1n) is 8.76. The third kappa shape index (κ3) is 5.56. The lowest BCUT2D eigenvalue weighted by atomic mass is 10.2. The summed E-state index contributed by atoms with van der Waals surface area (Å²) in [5, 5.41) is 10.7. The van der Waals surface area contributed by atoms with Crippen LogP contribution in [-0.4, -0.2) is 21.9 Å². The van der Waals surface area contributed by atoms with Crippen LogP contribution >= 0.6 is 11.8 Å². The van der Waals surface area contributed by atoms with Crippen molar-refractivity contribution in [2.45, 2.75) is 32.1 Å². The van der Waals surface area contributed by atoms with E-state index in [4.69, 9.17) is 9.15 Å². The van der Waals surface area contributed by atoms with Gasteiger partial charge in [-0.05, 0) is 48.7 Å². The van der Waals surface area contributed by atoms with Crippen LogP contribution in [0.15, 0.2) is 52.1 Å². The van der Waals surface area contributed by atoms with Crippen molar-refractivity contribution in [3.05, 3.63) is 65.3 Å². The van der Waals surface area contributed by atoms with Crippen LogP contribution in [0, 0.1) is 12.7 Å². The van der Waals surface area contributed by atoms with Gasteiger partial charge in [0.1, 0.15) is 11.6 Å². The van der Waals surface area contributed by atoms with Gasteiger partial charge in [-0.3, -0.25) is 4.79 Å². The Morgan fingerprint density at radius 3 is 2.75 bits per heavy atom. The van der Waals surface area contributed by atoms with Crippen LogP contribution in [0.5, 0.6) is 5.75 Å². The number of benzene rings is 2. The Bertz CT molecular complexity index is 944. The van der Waals surface area contributed by atoms with E-state index in [1.807, 2.05) is 24.3 Å². The largest absolute Gasteiger partial charge is 0.484 e. The lowest BCUT2D eigenvalue weighted by molar-refractivity contribution is -0.113. The number of aromatic nitrogens is 2. The molecule has 0 fully saturated rings. The molecule has 0 atom stereocenters. The fourth-order valence-corrected chi connectivity index (χ4v) is 2.94. The van der Waals surface area contributed by atoms with E-state index < -0.39 is 5.82 Å². The van der Waals surface area contributed by atoms with Gasteiger partial charge in [0.05, 0.1) is 5.75 Å². The molecule has 1 amide bonds. The lowest BCUT2D eigenvalue weighted by Gasteiger charge is -2.07. The summed E-state index contributed by atoms with van der Waals surface area (Å²) in [6, 6.07) is 12.0. The minimum atomic E-state index is -0.403. The van der Waals surface area contributed by atoms with Gasteiger partial charge in [0, 0.05) is 5.69 Å². The van der Waals surface area contributed by atoms with Gasteiger partial charge in [-0.2, -0.15) is 0 Å². The third-order valence-electron chi connectivity index (χ3n) is 3.94. The van der Waals surface area contributed by atoms with E-state index in [1.54, 1.807) is 13.0 Å². The summed E-state index contributed by atoms with van der Waals surface area (Å²) in [7, 11) is 0. The Balaban J connectivity index is 1.47. The molecule has 0 saturated heterocycles. The Morgan fingerprint density at radius 2 is 2.00 bits per heavy atom. The fourth-order valence-electron chi connectivity index (χ4n) is 2.36. The first-order valence-corrected chi connectivity index (χ1v) is 9.75. The monoisotopic (exact) mass is 401 g/mol. The number of anilines is 1. The highest BCUT2D eigenvalue weighted by atomic mass is 32.2. The van der Waals surface area contributed by atoms with Crippen LogP contribution in [0.2, 0.25) is 0 Å². The minimum absolute atomic E-state index is 0.0664. The molecule has 0 unspecified atom stereocenters. The number of thioether (sulfide) groups is 1. The summed E-state index contributed by atoms with van der Waals surface area (Å²) in [6.45, 7) is 4.03. The molecule has 0 radical (unpaired) electrons. The van der Waals surface area contributed by atoms with E-state index in [0.717, 1.165) is 29.5 Å². The highest BCUT2D eigenvalue weighted by Gasteiger charge is 2.11. The van der Waals surface area contributed by atoms with Crippen molar-refractivity contribution < 1.29 is 18.3 Å². The van der Waals surface area contributed by atoms with Gasteiger partial charge >= 0.3 is 0 Å². The summed E-state index contributed by atoms with van der Waals surface area (Å²) in [4.78, 5) is 12.1. The van der Waals surface area contributed by atoms with E-state index in [2.05, 4.69) is 22.4 Å². The van der Waals surface area contributed by atoms with Crippen molar-refractivity contribution in [3.8, 4) is 5.75 Å².